The Hall–Kier alpha value is -1.56. The Kier molecular flexibility index (Phi) is 5.83. The van der Waals surface area contributed by atoms with Crippen LogP contribution < -0.4 is 0 Å². The van der Waals surface area contributed by atoms with E-state index in [4.69, 9.17) is 0 Å². The molecule has 1 atom stereocenters. The molecule has 0 aliphatic heterocycles. The molecule has 1 unspecified atom stereocenters. The maximum absolute atomic E-state index is 2.34. The van der Waals surface area contributed by atoms with Crippen molar-refractivity contribution in [1.82, 2.24) is 0 Å². The molecule has 0 nitrogen and oxygen atoms in total. The number of hydrogen-bond acceptors (Lipinski definition) is 0. The molecule has 0 fully saturated rings. The number of benzene rings is 2. The van der Waals surface area contributed by atoms with Crippen molar-refractivity contribution >= 4 is 0 Å². The zero-order valence-electron chi connectivity index (χ0n) is 14.6. The van der Waals surface area contributed by atoms with Gasteiger partial charge in [0.1, 0.15) is 0 Å². The molecule has 0 aliphatic rings. The summed E-state index contributed by atoms with van der Waals surface area (Å²) in [4.78, 5) is 0. The van der Waals surface area contributed by atoms with Gasteiger partial charge in [-0.15, -0.1) is 0 Å². The van der Waals surface area contributed by atoms with Crippen molar-refractivity contribution in [3.8, 4) is 0 Å². The predicted molar refractivity (Wildman–Crippen MR) is 97.6 cm³/mol. The summed E-state index contributed by atoms with van der Waals surface area (Å²) in [5.41, 5.74) is 4.54. The molecule has 0 N–H and O–H groups in total. The number of hydrogen-bond donors (Lipinski definition) is 0. The van der Waals surface area contributed by atoms with Crippen molar-refractivity contribution in [1.29, 1.82) is 0 Å². The average Bonchev–Trinajstić information content (AvgIpc) is 2.52. The highest BCUT2D eigenvalue weighted by Crippen LogP contribution is 2.31. The summed E-state index contributed by atoms with van der Waals surface area (Å²) >= 11 is 0. The van der Waals surface area contributed by atoms with E-state index in [9.17, 15) is 0 Å². The van der Waals surface area contributed by atoms with E-state index >= 15 is 0 Å². The van der Waals surface area contributed by atoms with Crippen LogP contribution in [0, 0.1) is 0 Å². The Balaban J connectivity index is 2.25. The SMILES string of the molecule is CCCCCC(c1ccccc1)c1ccc(C(C)(C)C)cc1. The molecule has 0 saturated carbocycles. The van der Waals surface area contributed by atoms with Crippen molar-refractivity contribution in [2.75, 3.05) is 0 Å². The molecule has 0 radical (unpaired) electrons. The largest absolute Gasteiger partial charge is 0.0654 e. The molecular formula is C22H30. The molecule has 2 aromatic carbocycles. The third kappa shape index (κ3) is 4.47. The minimum Gasteiger partial charge on any atom is -0.0654 e. The van der Waals surface area contributed by atoms with Crippen LogP contribution in [0.2, 0.25) is 0 Å². The van der Waals surface area contributed by atoms with Crippen LogP contribution in [-0.4, -0.2) is 0 Å². The minimum atomic E-state index is 0.225. The first kappa shape index (κ1) is 16.8. The van der Waals surface area contributed by atoms with Gasteiger partial charge in [0.2, 0.25) is 0 Å². The summed E-state index contributed by atoms with van der Waals surface area (Å²) in [6.07, 6.45) is 5.15. The van der Waals surface area contributed by atoms with Gasteiger partial charge < -0.3 is 0 Å². The van der Waals surface area contributed by atoms with Gasteiger partial charge in [0.25, 0.3) is 0 Å². The highest BCUT2D eigenvalue weighted by molar-refractivity contribution is 5.35. The molecule has 2 aromatic rings. The van der Waals surface area contributed by atoms with Gasteiger partial charge in [-0.3, -0.25) is 0 Å². The summed E-state index contributed by atoms with van der Waals surface area (Å²) in [6, 6.07) is 20.3. The smallest absolute Gasteiger partial charge is 0.00893 e. The monoisotopic (exact) mass is 294 g/mol. The Morgan fingerprint density at radius 2 is 1.36 bits per heavy atom. The molecule has 0 aromatic heterocycles. The lowest BCUT2D eigenvalue weighted by Crippen LogP contribution is -2.11. The van der Waals surface area contributed by atoms with Crippen molar-refractivity contribution in [2.24, 2.45) is 0 Å². The van der Waals surface area contributed by atoms with Crippen LogP contribution in [0.5, 0.6) is 0 Å². The third-order valence-corrected chi connectivity index (χ3v) is 4.48. The zero-order chi connectivity index (χ0) is 16.0. The molecule has 0 aliphatic carbocycles. The van der Waals surface area contributed by atoms with E-state index in [0.29, 0.717) is 5.92 Å². The van der Waals surface area contributed by atoms with E-state index in [-0.39, 0.29) is 5.41 Å². The van der Waals surface area contributed by atoms with Crippen LogP contribution in [0.25, 0.3) is 0 Å². The molecule has 0 heterocycles. The second kappa shape index (κ2) is 7.63. The Morgan fingerprint density at radius 3 is 1.91 bits per heavy atom. The number of unbranched alkanes of at least 4 members (excludes halogenated alkanes) is 2. The summed E-state index contributed by atoms with van der Waals surface area (Å²) < 4.78 is 0. The lowest BCUT2D eigenvalue weighted by Gasteiger charge is -2.22. The fourth-order valence-electron chi connectivity index (χ4n) is 3.03. The molecule has 0 heteroatoms. The standard InChI is InChI=1S/C22H30/c1-5-6-8-13-21(18-11-9-7-10-12-18)19-14-16-20(17-15-19)22(2,3)4/h7,9-12,14-17,21H,5-6,8,13H2,1-4H3. The van der Waals surface area contributed by atoms with Crippen LogP contribution >= 0.6 is 0 Å². The van der Waals surface area contributed by atoms with E-state index in [2.05, 4.69) is 82.3 Å². The zero-order valence-corrected chi connectivity index (χ0v) is 14.6. The first-order valence-electron chi connectivity index (χ1n) is 8.67. The normalized spacial score (nSPS) is 13.1. The van der Waals surface area contributed by atoms with Crippen LogP contribution in [0.3, 0.4) is 0 Å². The van der Waals surface area contributed by atoms with Crippen LogP contribution in [-0.2, 0) is 5.41 Å². The minimum absolute atomic E-state index is 0.225. The second-order valence-electron chi connectivity index (χ2n) is 7.33. The molecule has 0 bridgehead atoms. The van der Waals surface area contributed by atoms with Crippen molar-refractivity contribution in [3.05, 3.63) is 71.3 Å². The molecule has 2 rings (SSSR count). The fourth-order valence-corrected chi connectivity index (χ4v) is 3.03. The van der Waals surface area contributed by atoms with E-state index in [1.165, 1.54) is 42.4 Å². The molecule has 0 spiro atoms. The first-order chi connectivity index (χ1) is 10.5. The summed E-state index contributed by atoms with van der Waals surface area (Å²) in [5, 5.41) is 0. The highest BCUT2D eigenvalue weighted by atomic mass is 14.2. The molecule has 0 amide bonds. The van der Waals surface area contributed by atoms with Gasteiger partial charge in [-0.05, 0) is 28.5 Å². The average molecular weight is 294 g/mol. The van der Waals surface area contributed by atoms with Gasteiger partial charge in [-0.1, -0.05) is 102 Å². The van der Waals surface area contributed by atoms with E-state index in [0.717, 1.165) is 0 Å². The van der Waals surface area contributed by atoms with Gasteiger partial charge in [0.05, 0.1) is 0 Å². The van der Waals surface area contributed by atoms with Gasteiger partial charge in [-0.25, -0.2) is 0 Å². The van der Waals surface area contributed by atoms with E-state index in [1.54, 1.807) is 0 Å². The van der Waals surface area contributed by atoms with Gasteiger partial charge in [0, 0.05) is 5.92 Å². The van der Waals surface area contributed by atoms with Crippen LogP contribution in [0.15, 0.2) is 54.6 Å². The maximum Gasteiger partial charge on any atom is 0.00893 e. The highest BCUT2D eigenvalue weighted by Gasteiger charge is 2.16. The lowest BCUT2D eigenvalue weighted by molar-refractivity contribution is 0.588. The van der Waals surface area contributed by atoms with Crippen LogP contribution in [0.1, 0.15) is 76.0 Å². The van der Waals surface area contributed by atoms with Crippen molar-refractivity contribution in [2.45, 2.75) is 64.7 Å². The first-order valence-corrected chi connectivity index (χ1v) is 8.67. The lowest BCUT2D eigenvalue weighted by atomic mass is 9.83. The maximum atomic E-state index is 2.34. The van der Waals surface area contributed by atoms with E-state index < -0.39 is 0 Å². The van der Waals surface area contributed by atoms with Gasteiger partial charge >= 0.3 is 0 Å². The third-order valence-electron chi connectivity index (χ3n) is 4.48. The quantitative estimate of drug-likeness (QED) is 0.520. The summed E-state index contributed by atoms with van der Waals surface area (Å²) in [5.74, 6) is 0.529. The predicted octanol–water partition coefficient (Wildman–Crippen LogP) is 6.70. The topological polar surface area (TPSA) is 0 Å². The second-order valence-corrected chi connectivity index (χ2v) is 7.33. The molecule has 22 heavy (non-hydrogen) atoms. The molecule has 118 valence electrons. The van der Waals surface area contributed by atoms with Crippen molar-refractivity contribution < 1.29 is 0 Å². The Morgan fingerprint density at radius 1 is 0.773 bits per heavy atom. The van der Waals surface area contributed by atoms with Crippen LogP contribution in [0.4, 0.5) is 0 Å². The molecular weight excluding hydrogens is 264 g/mol. The summed E-state index contributed by atoms with van der Waals surface area (Å²) in [6.45, 7) is 9.10. The summed E-state index contributed by atoms with van der Waals surface area (Å²) in [7, 11) is 0. The van der Waals surface area contributed by atoms with E-state index in [1.807, 2.05) is 0 Å². The van der Waals surface area contributed by atoms with Gasteiger partial charge in [0.15, 0.2) is 0 Å². The number of rotatable bonds is 6. The Bertz CT molecular complexity index is 543. The Labute approximate surface area is 136 Å². The van der Waals surface area contributed by atoms with Gasteiger partial charge in [-0.2, -0.15) is 0 Å². The molecule has 0 saturated heterocycles. The fraction of sp³-hybridized carbons (Fsp3) is 0.455. The van der Waals surface area contributed by atoms with Crippen molar-refractivity contribution in [3.63, 3.8) is 0 Å².